The number of H-pyrrole nitrogens is 1. The van der Waals surface area contributed by atoms with E-state index in [2.05, 4.69) is 19.9 Å². The van der Waals surface area contributed by atoms with Gasteiger partial charge in [-0.25, -0.2) is 13.8 Å². The number of piperazine rings is 1. The van der Waals surface area contributed by atoms with Crippen molar-refractivity contribution in [2.45, 2.75) is 11.8 Å². The van der Waals surface area contributed by atoms with Crippen LogP contribution in [0.1, 0.15) is 23.1 Å². The molecule has 4 rings (SSSR count). The van der Waals surface area contributed by atoms with Gasteiger partial charge in [0, 0.05) is 38.6 Å². The Morgan fingerprint density at radius 2 is 1.87 bits per heavy atom. The second-order valence-electron chi connectivity index (χ2n) is 7.33. The summed E-state index contributed by atoms with van der Waals surface area (Å²) in [6.07, 6.45) is 0.0724. The number of aromatic nitrogens is 3. The molecule has 0 aromatic carbocycles. The van der Waals surface area contributed by atoms with Crippen LogP contribution in [0, 0.1) is 11.3 Å². The molecule has 1 aliphatic heterocycles. The normalized spacial score (nSPS) is 15.4. The summed E-state index contributed by atoms with van der Waals surface area (Å²) in [6.45, 7) is 2.30. The molecule has 0 atom stereocenters. The van der Waals surface area contributed by atoms with E-state index in [4.69, 9.17) is 21.0 Å². The maximum absolute atomic E-state index is 12.9. The third kappa shape index (κ3) is 4.03. The number of fused-ring (bicyclic) bond motifs is 1. The molecule has 0 aliphatic carbocycles. The van der Waals surface area contributed by atoms with Gasteiger partial charge in [-0.15, -0.1) is 0 Å². The topological polar surface area (TPSA) is 88.9 Å². The van der Waals surface area contributed by atoms with Crippen molar-refractivity contribution >= 4 is 32.5 Å². The molecule has 0 spiro atoms. The second kappa shape index (κ2) is 8.12. The van der Waals surface area contributed by atoms with Crippen LogP contribution < -0.4 is 10.5 Å². The van der Waals surface area contributed by atoms with E-state index in [0.29, 0.717) is 37.3 Å². The van der Waals surface area contributed by atoms with E-state index in [0.717, 1.165) is 11.9 Å². The highest BCUT2D eigenvalue weighted by Gasteiger charge is 2.31. The molecule has 1 fully saturated rings. The Kier molecular flexibility index (Phi) is 5.50. The van der Waals surface area contributed by atoms with Crippen molar-refractivity contribution in [2.24, 2.45) is 0 Å². The quantitative estimate of drug-likeness (QED) is 0.648. The van der Waals surface area contributed by atoms with Crippen LogP contribution in [0.2, 0.25) is 0 Å². The number of hydrogen-bond acceptors (Lipinski definition) is 6. The standard InChI is InChI=1S/C20H16B2F2N6O/c21-20(22,13-7-16-15(26-11-13)8-14(18(23)24)19(31)28-16)30-5-3-29(4-6-30)17-2-1-12(9-25)10-27-17/h1-2,7-8,10-11,18H,3-6H2,(H,28,31). The Morgan fingerprint density at radius 1 is 1.13 bits per heavy atom. The molecule has 1 aliphatic rings. The molecule has 0 bridgehead atoms. The summed E-state index contributed by atoms with van der Waals surface area (Å²) in [6, 6.07) is 8.18. The first-order valence-electron chi connectivity index (χ1n) is 9.55. The van der Waals surface area contributed by atoms with Crippen molar-refractivity contribution in [3.63, 3.8) is 0 Å². The van der Waals surface area contributed by atoms with Crippen molar-refractivity contribution in [1.82, 2.24) is 19.9 Å². The van der Waals surface area contributed by atoms with Gasteiger partial charge in [0.15, 0.2) is 0 Å². The molecule has 31 heavy (non-hydrogen) atoms. The lowest BCUT2D eigenvalue weighted by molar-refractivity contribution is 0.150. The van der Waals surface area contributed by atoms with Gasteiger partial charge < -0.3 is 14.8 Å². The van der Waals surface area contributed by atoms with E-state index in [-0.39, 0.29) is 11.0 Å². The van der Waals surface area contributed by atoms with Crippen LogP contribution >= 0.6 is 0 Å². The lowest BCUT2D eigenvalue weighted by Crippen LogP contribution is -2.56. The fraction of sp³-hybridized carbons (Fsp3) is 0.300. The first-order chi connectivity index (χ1) is 14.8. The number of halogens is 2. The summed E-state index contributed by atoms with van der Waals surface area (Å²) in [5.41, 5.74) is -0.0475. The van der Waals surface area contributed by atoms with E-state index in [1.807, 2.05) is 11.0 Å². The molecule has 152 valence electrons. The molecule has 11 heteroatoms. The number of anilines is 1. The van der Waals surface area contributed by atoms with Crippen molar-refractivity contribution in [3.8, 4) is 6.07 Å². The Morgan fingerprint density at radius 3 is 2.48 bits per heavy atom. The van der Waals surface area contributed by atoms with Crippen molar-refractivity contribution in [2.75, 3.05) is 31.1 Å². The molecular weight excluding hydrogens is 400 g/mol. The lowest BCUT2D eigenvalue weighted by Gasteiger charge is -2.45. The SMILES string of the molecule is [B]C([B])(c1cnc2cc(C(F)F)c(=O)[nH]c2c1)N1CCN(c2ccc(C#N)cn2)CC1. The zero-order chi connectivity index (χ0) is 22.2. The number of pyridine rings is 3. The molecular formula is C20H16B2F2N6O. The minimum atomic E-state index is -2.89. The van der Waals surface area contributed by atoms with E-state index in [1.165, 1.54) is 12.4 Å². The van der Waals surface area contributed by atoms with Crippen molar-refractivity contribution < 1.29 is 8.78 Å². The number of rotatable bonds is 4. The van der Waals surface area contributed by atoms with E-state index < -0.39 is 22.9 Å². The number of alkyl halides is 2. The molecule has 1 saturated heterocycles. The summed E-state index contributed by atoms with van der Waals surface area (Å²) in [5, 5.41) is 7.52. The maximum atomic E-state index is 12.9. The fourth-order valence-electron chi connectivity index (χ4n) is 3.61. The molecule has 4 radical (unpaired) electrons. The minimum absolute atomic E-state index is 0.228. The smallest absolute Gasteiger partial charge is 0.269 e. The Balaban J connectivity index is 1.53. The third-order valence-electron chi connectivity index (χ3n) is 5.42. The third-order valence-corrected chi connectivity index (χ3v) is 5.42. The molecule has 3 aromatic heterocycles. The summed E-state index contributed by atoms with van der Waals surface area (Å²) in [5.74, 6) is 0.762. The van der Waals surface area contributed by atoms with Gasteiger partial charge in [0.2, 0.25) is 0 Å². The predicted molar refractivity (Wildman–Crippen MR) is 113 cm³/mol. The summed E-state index contributed by atoms with van der Waals surface area (Å²) < 4.78 is 25.9. The van der Waals surface area contributed by atoms with Gasteiger partial charge in [-0.1, -0.05) is 0 Å². The number of nitrogens with zero attached hydrogens (tertiary/aromatic N) is 5. The average molecular weight is 416 g/mol. The van der Waals surface area contributed by atoms with E-state index in [9.17, 15) is 13.6 Å². The molecule has 1 N–H and O–H groups in total. The van der Waals surface area contributed by atoms with Gasteiger partial charge in [0.05, 0.1) is 37.9 Å². The molecule has 4 heterocycles. The molecule has 0 amide bonds. The summed E-state index contributed by atoms with van der Waals surface area (Å²) in [7, 11) is 12.8. The van der Waals surface area contributed by atoms with Crippen LogP contribution in [-0.4, -0.2) is 61.7 Å². The van der Waals surface area contributed by atoms with Gasteiger partial charge in [-0.3, -0.25) is 9.78 Å². The van der Waals surface area contributed by atoms with Crippen LogP contribution in [0.4, 0.5) is 14.6 Å². The first-order valence-corrected chi connectivity index (χ1v) is 9.55. The van der Waals surface area contributed by atoms with Crippen LogP contribution in [0.15, 0.2) is 41.5 Å². The monoisotopic (exact) mass is 416 g/mol. The second-order valence-corrected chi connectivity index (χ2v) is 7.33. The first kappa shape index (κ1) is 21.0. The predicted octanol–water partition coefficient (Wildman–Crippen LogP) is 1.40. The average Bonchev–Trinajstić information content (AvgIpc) is 2.78. The zero-order valence-electron chi connectivity index (χ0n) is 16.4. The summed E-state index contributed by atoms with van der Waals surface area (Å²) in [4.78, 5) is 26.7. The van der Waals surface area contributed by atoms with Crippen LogP contribution in [0.25, 0.3) is 11.0 Å². The number of aromatic amines is 1. The number of hydrogen-bond donors (Lipinski definition) is 1. The Labute approximate surface area is 179 Å². The zero-order valence-corrected chi connectivity index (χ0v) is 16.4. The van der Waals surface area contributed by atoms with Gasteiger partial charge >= 0.3 is 0 Å². The highest BCUT2D eigenvalue weighted by Crippen LogP contribution is 2.26. The molecule has 0 saturated carbocycles. The van der Waals surface area contributed by atoms with Crippen LogP contribution in [0.5, 0.6) is 0 Å². The minimum Gasteiger partial charge on any atom is -0.354 e. The highest BCUT2D eigenvalue weighted by molar-refractivity contribution is 6.39. The van der Waals surface area contributed by atoms with E-state index >= 15 is 0 Å². The molecule has 0 unspecified atom stereocenters. The number of nitrogens with one attached hydrogen (secondary N) is 1. The van der Waals surface area contributed by atoms with Gasteiger partial charge in [-0.05, 0) is 35.2 Å². The van der Waals surface area contributed by atoms with Crippen LogP contribution in [0.3, 0.4) is 0 Å². The van der Waals surface area contributed by atoms with E-state index in [1.54, 1.807) is 18.2 Å². The largest absolute Gasteiger partial charge is 0.354 e. The van der Waals surface area contributed by atoms with Crippen molar-refractivity contribution in [1.29, 1.82) is 5.26 Å². The Bertz CT molecular complexity index is 1200. The highest BCUT2D eigenvalue weighted by atomic mass is 19.3. The van der Waals surface area contributed by atoms with Gasteiger partial charge in [0.25, 0.3) is 12.0 Å². The number of nitriles is 1. The lowest BCUT2D eigenvalue weighted by atomic mass is 9.57. The van der Waals surface area contributed by atoms with Gasteiger partial charge in [0.1, 0.15) is 11.9 Å². The maximum Gasteiger partial charge on any atom is 0.269 e. The molecule has 7 nitrogen and oxygen atoms in total. The van der Waals surface area contributed by atoms with Crippen LogP contribution in [-0.2, 0) is 5.34 Å². The Hall–Kier alpha value is -3.25. The van der Waals surface area contributed by atoms with Crippen molar-refractivity contribution in [3.05, 3.63) is 63.7 Å². The fourth-order valence-corrected chi connectivity index (χ4v) is 3.61. The summed E-state index contributed by atoms with van der Waals surface area (Å²) >= 11 is 0. The molecule has 3 aromatic rings. The van der Waals surface area contributed by atoms with Gasteiger partial charge in [-0.2, -0.15) is 5.26 Å².